The highest BCUT2D eigenvalue weighted by Crippen LogP contribution is 2.28. The number of hydrogen-bond donors (Lipinski definition) is 2. The number of aromatic nitrogens is 2. The maximum absolute atomic E-state index is 12.1. The van der Waals surface area contributed by atoms with E-state index in [9.17, 15) is 18.0 Å². The van der Waals surface area contributed by atoms with Gasteiger partial charge >= 0.3 is 6.18 Å². The van der Waals surface area contributed by atoms with Crippen molar-refractivity contribution >= 4 is 22.6 Å². The number of anilines is 1. The van der Waals surface area contributed by atoms with Gasteiger partial charge in [-0.2, -0.15) is 22.5 Å². The van der Waals surface area contributed by atoms with Gasteiger partial charge in [0.25, 0.3) is 0 Å². The lowest BCUT2D eigenvalue weighted by Gasteiger charge is -2.01. The van der Waals surface area contributed by atoms with Crippen molar-refractivity contribution in [1.29, 1.82) is 0 Å². The molecule has 1 aromatic heterocycles. The van der Waals surface area contributed by atoms with Crippen molar-refractivity contribution in [3.8, 4) is 0 Å². The Morgan fingerprint density at radius 1 is 1.41 bits per heavy atom. The third-order valence-electron chi connectivity index (χ3n) is 1.81. The minimum atomic E-state index is -4.51. The molecule has 0 saturated heterocycles. The largest absolute Gasteiger partial charge is 0.452 e. The second kappa shape index (κ2) is 5.80. The van der Waals surface area contributed by atoms with Crippen molar-refractivity contribution in [3.63, 3.8) is 0 Å². The van der Waals surface area contributed by atoms with E-state index in [-0.39, 0.29) is 17.5 Å². The van der Waals surface area contributed by atoms with Gasteiger partial charge in [-0.05, 0) is 12.8 Å². The van der Waals surface area contributed by atoms with Gasteiger partial charge in [-0.3, -0.25) is 4.79 Å². The van der Waals surface area contributed by atoms with Crippen LogP contribution in [0.1, 0.15) is 25.1 Å². The van der Waals surface area contributed by atoms with Crippen molar-refractivity contribution < 1.29 is 18.0 Å². The molecule has 0 bridgehead atoms. The Balaban J connectivity index is 2.28. The normalized spacial score (nSPS) is 11.5. The van der Waals surface area contributed by atoms with E-state index in [4.69, 9.17) is 5.73 Å². The van der Waals surface area contributed by atoms with Crippen molar-refractivity contribution in [2.45, 2.75) is 25.4 Å². The first kappa shape index (κ1) is 13.7. The van der Waals surface area contributed by atoms with Gasteiger partial charge in [-0.1, -0.05) is 0 Å². The van der Waals surface area contributed by atoms with Crippen LogP contribution < -0.4 is 11.1 Å². The predicted molar refractivity (Wildman–Crippen MR) is 56.4 cm³/mol. The number of carbonyl (C=O) groups is 1. The number of hydrogen-bond acceptors (Lipinski definition) is 5. The molecule has 1 aromatic rings. The molecule has 5 nitrogen and oxygen atoms in total. The van der Waals surface area contributed by atoms with Gasteiger partial charge < -0.3 is 11.1 Å². The minimum Gasteiger partial charge on any atom is -0.370 e. The number of amides is 1. The molecule has 0 unspecified atom stereocenters. The van der Waals surface area contributed by atoms with E-state index in [1.54, 1.807) is 0 Å². The highest BCUT2D eigenvalue weighted by molar-refractivity contribution is 7.09. The van der Waals surface area contributed by atoms with Gasteiger partial charge in [-0.15, -0.1) is 0 Å². The highest BCUT2D eigenvalue weighted by Gasteiger charge is 2.35. The summed E-state index contributed by atoms with van der Waals surface area (Å²) in [6, 6.07) is 0. The van der Waals surface area contributed by atoms with Gasteiger partial charge in [0.1, 0.15) is 0 Å². The van der Waals surface area contributed by atoms with Crippen molar-refractivity contribution in [3.05, 3.63) is 5.82 Å². The number of unbranched alkanes of at least 4 members (excludes halogenated alkanes) is 1. The number of nitrogens with two attached hydrogens (primary N) is 1. The summed E-state index contributed by atoms with van der Waals surface area (Å²) in [7, 11) is 0. The molecule has 0 radical (unpaired) electrons. The van der Waals surface area contributed by atoms with Crippen LogP contribution in [0.3, 0.4) is 0 Å². The number of nitrogens with one attached hydrogen (secondary N) is 1. The molecule has 0 fully saturated rings. The van der Waals surface area contributed by atoms with Gasteiger partial charge in [0.2, 0.25) is 16.9 Å². The van der Waals surface area contributed by atoms with Gasteiger partial charge in [0.15, 0.2) is 0 Å². The summed E-state index contributed by atoms with van der Waals surface area (Å²) in [6.07, 6.45) is -3.02. The van der Waals surface area contributed by atoms with Gasteiger partial charge in [0.05, 0.1) is 0 Å². The van der Waals surface area contributed by atoms with Crippen LogP contribution in [0.15, 0.2) is 0 Å². The molecule has 1 heterocycles. The summed E-state index contributed by atoms with van der Waals surface area (Å²) in [4.78, 5) is 13.7. The monoisotopic (exact) mass is 268 g/mol. The lowest BCUT2D eigenvalue weighted by atomic mass is 10.2. The van der Waals surface area contributed by atoms with Crippen molar-refractivity contribution in [2.24, 2.45) is 5.73 Å². The van der Waals surface area contributed by atoms with Crippen LogP contribution >= 0.6 is 11.5 Å². The molecule has 0 saturated carbocycles. The molecule has 0 aliphatic carbocycles. The van der Waals surface area contributed by atoms with Crippen molar-refractivity contribution in [2.75, 3.05) is 11.9 Å². The molecule has 3 N–H and O–H groups in total. The number of nitrogens with zero attached hydrogens (tertiary/aromatic N) is 2. The number of carbonyl (C=O) groups excluding carboxylic acids is 1. The Kier molecular flexibility index (Phi) is 4.67. The second-order valence-electron chi connectivity index (χ2n) is 3.27. The summed E-state index contributed by atoms with van der Waals surface area (Å²) in [6.45, 7) is 0.430. The maximum Gasteiger partial charge on any atom is 0.452 e. The molecular weight excluding hydrogens is 257 g/mol. The van der Waals surface area contributed by atoms with Crippen LogP contribution in [0.5, 0.6) is 0 Å². The average molecular weight is 268 g/mol. The van der Waals surface area contributed by atoms with Crippen molar-refractivity contribution in [1.82, 2.24) is 9.36 Å². The number of halogens is 3. The summed E-state index contributed by atoms with van der Waals surface area (Å²) in [5.74, 6) is -1.53. The smallest absolute Gasteiger partial charge is 0.370 e. The molecule has 1 amide bonds. The fraction of sp³-hybridized carbons (Fsp3) is 0.625. The van der Waals surface area contributed by atoms with Crippen LogP contribution in [0.4, 0.5) is 18.3 Å². The molecule has 96 valence electrons. The fourth-order valence-corrected chi connectivity index (χ4v) is 1.64. The Labute approximate surface area is 99.4 Å². The molecule has 17 heavy (non-hydrogen) atoms. The number of primary amides is 1. The van der Waals surface area contributed by atoms with E-state index in [2.05, 4.69) is 14.7 Å². The van der Waals surface area contributed by atoms with Crippen LogP contribution in [-0.2, 0) is 11.0 Å². The summed E-state index contributed by atoms with van der Waals surface area (Å²) in [5.41, 5.74) is 4.93. The first-order chi connectivity index (χ1) is 7.89. The standard InChI is InChI=1S/C8H11F3N4OS/c9-8(10,11)6-14-7(17-15-6)13-4-2-1-3-5(12)16/h1-4H2,(H2,12,16)(H,13,14,15). The first-order valence-corrected chi connectivity index (χ1v) is 5.60. The zero-order valence-corrected chi connectivity index (χ0v) is 9.57. The van der Waals surface area contributed by atoms with E-state index in [1.807, 2.05) is 0 Å². The quantitative estimate of drug-likeness (QED) is 0.768. The Bertz CT molecular complexity index is 379. The third kappa shape index (κ3) is 4.98. The van der Waals surface area contributed by atoms with E-state index in [1.165, 1.54) is 0 Å². The van der Waals surface area contributed by atoms with E-state index < -0.39 is 12.0 Å². The lowest BCUT2D eigenvalue weighted by Crippen LogP contribution is -2.11. The molecular formula is C8H11F3N4OS. The van der Waals surface area contributed by atoms with Crippen LogP contribution in [0, 0.1) is 0 Å². The molecule has 0 aliphatic rings. The topological polar surface area (TPSA) is 80.9 Å². The minimum absolute atomic E-state index is 0.122. The molecule has 0 aliphatic heterocycles. The zero-order valence-electron chi connectivity index (χ0n) is 8.75. The first-order valence-electron chi connectivity index (χ1n) is 4.82. The Morgan fingerprint density at radius 2 is 2.12 bits per heavy atom. The molecule has 9 heteroatoms. The summed E-state index contributed by atoms with van der Waals surface area (Å²) in [5, 5.41) is 2.83. The molecule has 1 rings (SSSR count). The number of alkyl halides is 3. The van der Waals surface area contributed by atoms with E-state index >= 15 is 0 Å². The van der Waals surface area contributed by atoms with Gasteiger partial charge in [-0.25, -0.2) is 0 Å². The molecule has 0 spiro atoms. The third-order valence-corrected chi connectivity index (χ3v) is 2.48. The zero-order chi connectivity index (χ0) is 12.9. The van der Waals surface area contributed by atoms with E-state index in [0.717, 1.165) is 0 Å². The Hall–Kier alpha value is -1.38. The van der Waals surface area contributed by atoms with Crippen LogP contribution in [-0.4, -0.2) is 21.8 Å². The van der Waals surface area contributed by atoms with Gasteiger partial charge in [0, 0.05) is 24.5 Å². The lowest BCUT2D eigenvalue weighted by molar-refractivity contribution is -0.144. The Morgan fingerprint density at radius 3 is 2.65 bits per heavy atom. The highest BCUT2D eigenvalue weighted by atomic mass is 32.1. The molecule has 0 aromatic carbocycles. The predicted octanol–water partition coefficient (Wildman–Crippen LogP) is 1.62. The van der Waals surface area contributed by atoms with Crippen LogP contribution in [0.2, 0.25) is 0 Å². The SMILES string of the molecule is NC(=O)CCCCNc1nc(C(F)(F)F)ns1. The fourth-order valence-electron chi connectivity index (χ4n) is 1.03. The second-order valence-corrected chi connectivity index (χ2v) is 4.02. The average Bonchev–Trinajstić information content (AvgIpc) is 2.64. The maximum atomic E-state index is 12.1. The number of rotatable bonds is 6. The van der Waals surface area contributed by atoms with E-state index in [0.29, 0.717) is 30.9 Å². The van der Waals surface area contributed by atoms with Crippen LogP contribution in [0.25, 0.3) is 0 Å². The summed E-state index contributed by atoms with van der Waals surface area (Å²) < 4.78 is 39.6. The molecule has 0 atom stereocenters. The summed E-state index contributed by atoms with van der Waals surface area (Å²) >= 11 is 0.657.